The fourth-order valence-corrected chi connectivity index (χ4v) is 3.31. The largest absolute Gasteiger partial charge is 0.535 e. The van der Waals surface area contributed by atoms with Gasteiger partial charge < -0.3 is 20.5 Å². The molecule has 0 radical (unpaired) electrons. The van der Waals surface area contributed by atoms with E-state index in [1.165, 1.54) is 11.6 Å². The molecule has 0 amide bonds. The predicted octanol–water partition coefficient (Wildman–Crippen LogP) is -0.212. The van der Waals surface area contributed by atoms with E-state index >= 15 is 0 Å². The number of hydrogen-bond acceptors (Lipinski definition) is 8. The number of nitrogens with zero attached hydrogens (tertiary/aromatic N) is 3. The van der Waals surface area contributed by atoms with E-state index in [1.807, 2.05) is 6.07 Å². The molecule has 3 rings (SSSR count). The average Bonchev–Trinajstić information content (AvgIpc) is 3.08. The van der Waals surface area contributed by atoms with Crippen molar-refractivity contribution in [2.75, 3.05) is 6.54 Å². The Balaban J connectivity index is 1.62. The maximum Gasteiger partial charge on any atom is 0.526 e. The first-order valence-corrected chi connectivity index (χ1v) is 9.13. The molecule has 1 aliphatic heterocycles. The summed E-state index contributed by atoms with van der Waals surface area (Å²) in [6, 6.07) is 5.25. The summed E-state index contributed by atoms with van der Waals surface area (Å²) in [6.45, 7) is 1.58. The van der Waals surface area contributed by atoms with Crippen molar-refractivity contribution in [2.45, 2.75) is 44.7 Å². The van der Waals surface area contributed by atoms with Crippen LogP contribution in [0, 0.1) is 0 Å². The Bertz CT molecular complexity index is 871. The van der Waals surface area contributed by atoms with E-state index < -0.39 is 19.0 Å². The number of aliphatic hydroxyl groups is 1. The van der Waals surface area contributed by atoms with Gasteiger partial charge in [0.05, 0.1) is 17.4 Å². The lowest BCUT2D eigenvalue weighted by molar-refractivity contribution is -0.120. The first-order valence-electron chi connectivity index (χ1n) is 9.13. The lowest BCUT2D eigenvalue weighted by atomic mass is 9.64. The molecule has 10 heteroatoms. The van der Waals surface area contributed by atoms with Crippen molar-refractivity contribution in [3.05, 3.63) is 41.2 Å². The molecule has 0 saturated heterocycles. The highest BCUT2D eigenvalue weighted by atomic mass is 16.5. The van der Waals surface area contributed by atoms with Gasteiger partial charge in [-0.15, -0.1) is 5.10 Å². The van der Waals surface area contributed by atoms with Gasteiger partial charge in [0.15, 0.2) is 11.6 Å². The summed E-state index contributed by atoms with van der Waals surface area (Å²) < 4.78 is 6.96. The highest BCUT2D eigenvalue weighted by molar-refractivity contribution is 6.47. The third kappa shape index (κ3) is 4.64. The molecule has 1 unspecified atom stereocenters. The lowest BCUT2D eigenvalue weighted by Crippen LogP contribution is -2.36. The topological polar surface area (TPSA) is 141 Å². The number of rotatable bonds is 8. The van der Waals surface area contributed by atoms with Gasteiger partial charge in [-0.2, -0.15) is 0 Å². The van der Waals surface area contributed by atoms with Crippen LogP contribution < -0.4 is 10.4 Å². The van der Waals surface area contributed by atoms with Crippen molar-refractivity contribution in [1.29, 1.82) is 0 Å². The minimum absolute atomic E-state index is 0.00921. The van der Waals surface area contributed by atoms with E-state index in [2.05, 4.69) is 10.3 Å². The number of para-hydroxylation sites is 1. The van der Waals surface area contributed by atoms with Gasteiger partial charge in [0.1, 0.15) is 12.3 Å². The van der Waals surface area contributed by atoms with Gasteiger partial charge in [-0.3, -0.25) is 9.59 Å². The van der Waals surface area contributed by atoms with Crippen molar-refractivity contribution >= 4 is 18.7 Å². The molecule has 1 aromatic carbocycles. The van der Waals surface area contributed by atoms with Crippen LogP contribution in [0.5, 0.6) is 5.75 Å². The van der Waals surface area contributed by atoms with Gasteiger partial charge in [0.2, 0.25) is 0 Å². The van der Waals surface area contributed by atoms with Gasteiger partial charge in [0, 0.05) is 31.4 Å². The molecule has 0 fully saturated rings. The van der Waals surface area contributed by atoms with E-state index in [0.29, 0.717) is 23.4 Å². The normalized spacial score (nSPS) is 17.0. The van der Waals surface area contributed by atoms with E-state index in [9.17, 15) is 19.7 Å². The minimum atomic E-state index is -1.16. The van der Waals surface area contributed by atoms with E-state index in [-0.39, 0.29) is 37.5 Å². The molecule has 28 heavy (non-hydrogen) atoms. The lowest BCUT2D eigenvalue weighted by Gasteiger charge is -2.28. The fourth-order valence-electron chi connectivity index (χ4n) is 3.31. The molecular formula is C18H23BN4O5. The maximum absolute atomic E-state index is 12.4. The number of aromatic nitrogens is 3. The van der Waals surface area contributed by atoms with Crippen molar-refractivity contribution in [3.63, 3.8) is 0 Å². The standard InChI is InChI=1S/C18H23BN4O5/c1-11(24)17-4-2-3-12-5-13(19(27)28-18(12)17)6-16(26)10-23-9-14(21-22-23)7-15(25)8-20/h2-4,9,13,15,25,27H,5-8,10,20H2,1H3/t13-,15?/m1/s1. The Labute approximate surface area is 162 Å². The molecular weight excluding hydrogens is 363 g/mol. The maximum atomic E-state index is 12.4. The van der Waals surface area contributed by atoms with Crippen LogP contribution in [0.3, 0.4) is 0 Å². The van der Waals surface area contributed by atoms with E-state index in [0.717, 1.165) is 5.56 Å². The van der Waals surface area contributed by atoms with Crippen LogP contribution in [-0.4, -0.2) is 56.5 Å². The number of carbonyl (C=O) groups excluding carboxylic acids is 2. The Morgan fingerprint density at radius 3 is 2.96 bits per heavy atom. The van der Waals surface area contributed by atoms with E-state index in [4.69, 9.17) is 10.4 Å². The summed E-state index contributed by atoms with van der Waals surface area (Å²) >= 11 is 0. The van der Waals surface area contributed by atoms with Gasteiger partial charge in [-0.1, -0.05) is 17.3 Å². The quantitative estimate of drug-likeness (QED) is 0.418. The number of nitrogens with two attached hydrogens (primary N) is 1. The number of aliphatic hydroxyl groups excluding tert-OH is 1. The van der Waals surface area contributed by atoms with Crippen LogP contribution in [0.2, 0.25) is 5.82 Å². The highest BCUT2D eigenvalue weighted by Gasteiger charge is 2.37. The van der Waals surface area contributed by atoms with Crippen molar-refractivity contribution in [3.8, 4) is 5.75 Å². The molecule has 0 spiro atoms. The summed E-state index contributed by atoms with van der Waals surface area (Å²) in [6.07, 6.45) is 1.71. The van der Waals surface area contributed by atoms with Crippen LogP contribution in [0.15, 0.2) is 24.4 Å². The first-order chi connectivity index (χ1) is 13.4. The number of ketones is 2. The number of benzene rings is 1. The second-order valence-corrected chi connectivity index (χ2v) is 7.07. The third-order valence-electron chi connectivity index (χ3n) is 4.73. The zero-order valence-corrected chi connectivity index (χ0v) is 15.6. The second-order valence-electron chi connectivity index (χ2n) is 7.07. The Kier molecular flexibility index (Phi) is 6.23. The fraction of sp³-hybridized carbons (Fsp3) is 0.444. The van der Waals surface area contributed by atoms with Gasteiger partial charge in [-0.25, -0.2) is 4.68 Å². The molecule has 0 aliphatic carbocycles. The van der Waals surface area contributed by atoms with Crippen LogP contribution in [0.4, 0.5) is 0 Å². The van der Waals surface area contributed by atoms with E-state index in [1.54, 1.807) is 18.3 Å². The summed E-state index contributed by atoms with van der Waals surface area (Å²) in [5, 5.41) is 27.7. The average molecular weight is 386 g/mol. The molecule has 2 atom stereocenters. The molecule has 2 heterocycles. The number of fused-ring (bicyclic) bond motifs is 1. The van der Waals surface area contributed by atoms with Gasteiger partial charge in [0.25, 0.3) is 0 Å². The molecule has 4 N–H and O–H groups in total. The Morgan fingerprint density at radius 1 is 1.46 bits per heavy atom. The molecule has 148 valence electrons. The summed E-state index contributed by atoms with van der Waals surface area (Å²) in [4.78, 5) is 24.1. The zero-order valence-electron chi connectivity index (χ0n) is 15.6. The summed E-state index contributed by atoms with van der Waals surface area (Å²) in [5.74, 6) is -0.287. The van der Waals surface area contributed by atoms with Crippen molar-refractivity contribution < 1.29 is 24.4 Å². The van der Waals surface area contributed by atoms with Gasteiger partial charge >= 0.3 is 7.12 Å². The first kappa shape index (κ1) is 20.2. The smallest absolute Gasteiger partial charge is 0.526 e. The van der Waals surface area contributed by atoms with Crippen LogP contribution in [0.1, 0.15) is 35.0 Å². The predicted molar refractivity (Wildman–Crippen MR) is 101 cm³/mol. The monoisotopic (exact) mass is 386 g/mol. The highest BCUT2D eigenvalue weighted by Crippen LogP contribution is 2.36. The third-order valence-corrected chi connectivity index (χ3v) is 4.73. The molecule has 1 aliphatic rings. The molecule has 1 aromatic heterocycles. The van der Waals surface area contributed by atoms with Crippen molar-refractivity contribution in [2.24, 2.45) is 5.73 Å². The number of hydrogen-bond donors (Lipinski definition) is 3. The van der Waals surface area contributed by atoms with Crippen molar-refractivity contribution in [1.82, 2.24) is 15.0 Å². The minimum Gasteiger partial charge on any atom is -0.535 e. The SMILES string of the molecule is CC(=O)c1cccc2c1OB(O)[C@@H](CC(=O)Cn1cc(CC(O)CN)nn1)C2. The van der Waals surface area contributed by atoms with Gasteiger partial charge in [-0.05, 0) is 25.0 Å². The van der Waals surface area contributed by atoms with Crippen LogP contribution in [-0.2, 0) is 24.2 Å². The Hall–Kier alpha value is -2.56. The number of carbonyl (C=O) groups is 2. The zero-order chi connectivity index (χ0) is 20.3. The number of Topliss-reactive ketones (excluding diaryl/α,β-unsaturated/α-hetero) is 2. The molecule has 0 saturated carbocycles. The summed E-state index contributed by atoms with van der Waals surface area (Å²) in [5.41, 5.74) is 7.15. The van der Waals surface area contributed by atoms with Crippen LogP contribution in [0.25, 0.3) is 0 Å². The Morgan fingerprint density at radius 2 is 2.25 bits per heavy atom. The molecule has 0 bridgehead atoms. The molecule has 2 aromatic rings. The summed E-state index contributed by atoms with van der Waals surface area (Å²) in [7, 11) is -1.16. The molecule has 9 nitrogen and oxygen atoms in total. The second kappa shape index (κ2) is 8.64. The van der Waals surface area contributed by atoms with Crippen LogP contribution >= 0.6 is 0 Å².